The molecule has 1 aliphatic rings. The number of amides is 1. The third kappa shape index (κ3) is 2.91. The molecule has 6 heteroatoms. The van der Waals surface area contributed by atoms with Gasteiger partial charge in [0.25, 0.3) is 0 Å². The van der Waals surface area contributed by atoms with E-state index < -0.39 is 5.38 Å². The van der Waals surface area contributed by atoms with Crippen molar-refractivity contribution in [3.63, 3.8) is 0 Å². The van der Waals surface area contributed by atoms with Crippen LogP contribution in [0.5, 0.6) is 5.88 Å². The highest BCUT2D eigenvalue weighted by Gasteiger charge is 2.25. The third-order valence-corrected chi connectivity index (χ3v) is 3.24. The highest BCUT2D eigenvalue weighted by atomic mass is 35.5. The molecule has 0 N–H and O–H groups in total. The van der Waals surface area contributed by atoms with E-state index in [1.54, 1.807) is 30.3 Å². The summed E-state index contributed by atoms with van der Waals surface area (Å²) in [5.74, 6) is 0.397. The van der Waals surface area contributed by atoms with Gasteiger partial charge in [-0.3, -0.25) is 4.79 Å². The number of rotatable bonds is 3. The standard InChI is InChI=1S/C12H15ClN2O3/c1-17-10-3-2-9(8-14-10)11(13)12(16)15-4-6-18-7-5-15/h2-3,8,11H,4-7H2,1H3. The second-order valence-corrected chi connectivity index (χ2v) is 4.37. The lowest BCUT2D eigenvalue weighted by Crippen LogP contribution is -2.42. The molecule has 1 aliphatic heterocycles. The predicted octanol–water partition coefficient (Wildman–Crippen LogP) is 1.23. The first kappa shape index (κ1) is 13.1. The van der Waals surface area contributed by atoms with Crippen LogP contribution in [0.25, 0.3) is 0 Å². The molecule has 0 spiro atoms. The monoisotopic (exact) mass is 270 g/mol. The minimum Gasteiger partial charge on any atom is -0.481 e. The molecule has 0 bridgehead atoms. The molecule has 0 aliphatic carbocycles. The van der Waals surface area contributed by atoms with E-state index in [0.29, 0.717) is 37.7 Å². The van der Waals surface area contributed by atoms with E-state index in [0.717, 1.165) is 0 Å². The summed E-state index contributed by atoms with van der Waals surface area (Å²) in [6, 6.07) is 3.44. The maximum absolute atomic E-state index is 12.1. The van der Waals surface area contributed by atoms with Gasteiger partial charge in [0.1, 0.15) is 5.38 Å². The van der Waals surface area contributed by atoms with E-state index in [1.807, 2.05) is 0 Å². The largest absolute Gasteiger partial charge is 0.481 e. The molecule has 18 heavy (non-hydrogen) atoms. The molecule has 98 valence electrons. The first-order chi connectivity index (χ1) is 8.72. The number of halogens is 1. The summed E-state index contributed by atoms with van der Waals surface area (Å²) >= 11 is 6.17. The van der Waals surface area contributed by atoms with E-state index in [2.05, 4.69) is 4.98 Å². The molecule has 1 unspecified atom stereocenters. The Hall–Kier alpha value is -1.33. The van der Waals surface area contributed by atoms with Crippen molar-refractivity contribution in [2.24, 2.45) is 0 Å². The average molecular weight is 271 g/mol. The number of ether oxygens (including phenoxy) is 2. The second-order valence-electron chi connectivity index (χ2n) is 3.93. The van der Waals surface area contributed by atoms with Crippen molar-refractivity contribution in [3.8, 4) is 5.88 Å². The van der Waals surface area contributed by atoms with Gasteiger partial charge in [0.2, 0.25) is 11.8 Å². The van der Waals surface area contributed by atoms with Crippen LogP contribution in [0, 0.1) is 0 Å². The summed E-state index contributed by atoms with van der Waals surface area (Å²) < 4.78 is 10.2. The molecular formula is C12H15ClN2O3. The van der Waals surface area contributed by atoms with Gasteiger partial charge in [-0.2, -0.15) is 0 Å². The van der Waals surface area contributed by atoms with Crippen LogP contribution in [0.15, 0.2) is 18.3 Å². The highest BCUT2D eigenvalue weighted by molar-refractivity contribution is 6.30. The highest BCUT2D eigenvalue weighted by Crippen LogP contribution is 2.24. The van der Waals surface area contributed by atoms with Crippen LogP contribution in [0.2, 0.25) is 0 Å². The van der Waals surface area contributed by atoms with Gasteiger partial charge in [-0.1, -0.05) is 6.07 Å². The summed E-state index contributed by atoms with van der Waals surface area (Å²) in [7, 11) is 1.54. The molecule has 1 aromatic heterocycles. The van der Waals surface area contributed by atoms with Gasteiger partial charge in [-0.25, -0.2) is 4.98 Å². The molecule has 1 atom stereocenters. The summed E-state index contributed by atoms with van der Waals surface area (Å²) in [5.41, 5.74) is 0.675. The van der Waals surface area contributed by atoms with Gasteiger partial charge in [0.05, 0.1) is 20.3 Å². The molecule has 0 aromatic carbocycles. The normalized spacial score (nSPS) is 17.3. The summed E-state index contributed by atoms with van der Waals surface area (Å²) in [4.78, 5) is 17.9. The van der Waals surface area contributed by atoms with Crippen LogP contribution in [-0.4, -0.2) is 49.2 Å². The lowest BCUT2D eigenvalue weighted by molar-refractivity contribution is -0.134. The molecule has 1 fully saturated rings. The molecule has 1 amide bonds. The van der Waals surface area contributed by atoms with Crippen molar-refractivity contribution in [2.45, 2.75) is 5.38 Å². The number of pyridine rings is 1. The van der Waals surface area contributed by atoms with Crippen LogP contribution in [-0.2, 0) is 9.53 Å². The number of carbonyl (C=O) groups excluding carboxylic acids is 1. The van der Waals surface area contributed by atoms with Crippen LogP contribution in [0.4, 0.5) is 0 Å². The Morgan fingerprint density at radius 3 is 2.78 bits per heavy atom. The van der Waals surface area contributed by atoms with E-state index in [4.69, 9.17) is 21.1 Å². The van der Waals surface area contributed by atoms with E-state index in [-0.39, 0.29) is 5.91 Å². The fraction of sp³-hybridized carbons (Fsp3) is 0.500. The Morgan fingerprint density at radius 1 is 1.50 bits per heavy atom. The Kier molecular flexibility index (Phi) is 4.38. The summed E-state index contributed by atoms with van der Waals surface area (Å²) in [5, 5.41) is -0.707. The third-order valence-electron chi connectivity index (χ3n) is 2.80. The SMILES string of the molecule is COc1ccc(C(Cl)C(=O)N2CCOCC2)cn1. The molecule has 0 saturated carbocycles. The smallest absolute Gasteiger partial charge is 0.245 e. The average Bonchev–Trinajstić information content (AvgIpc) is 2.47. The zero-order valence-electron chi connectivity index (χ0n) is 10.1. The number of methoxy groups -OCH3 is 1. The Bertz CT molecular complexity index is 404. The molecule has 2 heterocycles. The number of hydrogen-bond donors (Lipinski definition) is 0. The second kappa shape index (κ2) is 6.02. The van der Waals surface area contributed by atoms with Crippen molar-refractivity contribution in [1.29, 1.82) is 0 Å². The molecule has 0 radical (unpaired) electrons. The number of aromatic nitrogens is 1. The van der Waals surface area contributed by atoms with Crippen molar-refractivity contribution in [1.82, 2.24) is 9.88 Å². The summed E-state index contributed by atoms with van der Waals surface area (Å²) in [6.45, 7) is 2.31. The number of hydrogen-bond acceptors (Lipinski definition) is 4. The van der Waals surface area contributed by atoms with Gasteiger partial charge < -0.3 is 14.4 Å². The topological polar surface area (TPSA) is 51.7 Å². The van der Waals surface area contributed by atoms with Crippen LogP contribution >= 0.6 is 11.6 Å². The Labute approximate surface area is 111 Å². The lowest BCUT2D eigenvalue weighted by Gasteiger charge is -2.28. The van der Waals surface area contributed by atoms with Crippen molar-refractivity contribution in [3.05, 3.63) is 23.9 Å². The zero-order chi connectivity index (χ0) is 13.0. The first-order valence-electron chi connectivity index (χ1n) is 5.73. The Balaban J connectivity index is 2.04. The molecule has 5 nitrogen and oxygen atoms in total. The van der Waals surface area contributed by atoms with E-state index >= 15 is 0 Å². The van der Waals surface area contributed by atoms with Crippen molar-refractivity contribution < 1.29 is 14.3 Å². The van der Waals surface area contributed by atoms with Gasteiger partial charge in [0, 0.05) is 25.4 Å². The predicted molar refractivity (Wildman–Crippen MR) is 66.8 cm³/mol. The molecular weight excluding hydrogens is 256 g/mol. The van der Waals surface area contributed by atoms with Crippen LogP contribution in [0.3, 0.4) is 0 Å². The minimum absolute atomic E-state index is 0.105. The van der Waals surface area contributed by atoms with Gasteiger partial charge in [0.15, 0.2) is 0 Å². The molecule has 1 saturated heterocycles. The van der Waals surface area contributed by atoms with Gasteiger partial charge in [-0.15, -0.1) is 11.6 Å². The minimum atomic E-state index is -0.707. The first-order valence-corrected chi connectivity index (χ1v) is 6.16. The number of alkyl halides is 1. The quantitative estimate of drug-likeness (QED) is 0.775. The number of nitrogens with zero attached hydrogens (tertiary/aromatic N) is 2. The van der Waals surface area contributed by atoms with Gasteiger partial charge >= 0.3 is 0 Å². The number of carbonyl (C=O) groups is 1. The van der Waals surface area contributed by atoms with E-state index in [9.17, 15) is 4.79 Å². The fourth-order valence-corrected chi connectivity index (χ4v) is 2.02. The van der Waals surface area contributed by atoms with E-state index in [1.165, 1.54) is 0 Å². The maximum atomic E-state index is 12.1. The lowest BCUT2D eigenvalue weighted by atomic mass is 10.2. The van der Waals surface area contributed by atoms with Crippen molar-refractivity contribution >= 4 is 17.5 Å². The fourth-order valence-electron chi connectivity index (χ4n) is 1.75. The van der Waals surface area contributed by atoms with Crippen molar-refractivity contribution in [2.75, 3.05) is 33.4 Å². The Morgan fingerprint density at radius 2 is 2.22 bits per heavy atom. The maximum Gasteiger partial charge on any atom is 0.245 e. The number of morpholine rings is 1. The van der Waals surface area contributed by atoms with Gasteiger partial charge in [-0.05, 0) is 5.56 Å². The van der Waals surface area contributed by atoms with Crippen LogP contribution in [0.1, 0.15) is 10.9 Å². The zero-order valence-corrected chi connectivity index (χ0v) is 10.9. The molecule has 2 rings (SSSR count). The summed E-state index contributed by atoms with van der Waals surface area (Å²) in [6.07, 6.45) is 1.56. The van der Waals surface area contributed by atoms with Crippen LogP contribution < -0.4 is 4.74 Å². The molecule has 1 aromatic rings.